The van der Waals surface area contributed by atoms with Gasteiger partial charge in [-0.05, 0) is 25.0 Å². The molecule has 0 saturated carbocycles. The minimum absolute atomic E-state index is 1.04. The number of hydrogen-bond donors (Lipinski definition) is 0. The van der Waals surface area contributed by atoms with Crippen molar-refractivity contribution < 1.29 is 0 Å². The van der Waals surface area contributed by atoms with Crippen molar-refractivity contribution in [3.05, 3.63) is 23.5 Å². The van der Waals surface area contributed by atoms with Gasteiger partial charge in [0.1, 0.15) is 0 Å². The highest BCUT2D eigenvalue weighted by Crippen LogP contribution is 2.00. The highest BCUT2D eigenvalue weighted by Gasteiger charge is 1.92. The molecule has 1 aromatic heterocycles. The standard InChI is InChI=1S/C7H10N2.2C2H6/c1-3-7-4-5-8-9-6(7)2;2*1-2/h4-5H,3H2,1-2H3;2*1-2H3. The van der Waals surface area contributed by atoms with Gasteiger partial charge in [-0.2, -0.15) is 10.2 Å². The maximum Gasteiger partial charge on any atom is 0.0631 e. The first-order valence-electron chi connectivity index (χ1n) is 5.11. The van der Waals surface area contributed by atoms with Crippen molar-refractivity contribution in [3.8, 4) is 0 Å². The molecular weight excluding hydrogens is 160 g/mol. The van der Waals surface area contributed by atoms with Crippen molar-refractivity contribution in [1.82, 2.24) is 10.2 Å². The molecule has 0 aliphatic carbocycles. The van der Waals surface area contributed by atoms with E-state index in [0.717, 1.165) is 12.1 Å². The molecule has 0 saturated heterocycles. The Morgan fingerprint density at radius 3 is 2.00 bits per heavy atom. The third-order valence-corrected chi connectivity index (χ3v) is 1.40. The lowest BCUT2D eigenvalue weighted by atomic mass is 10.2. The highest BCUT2D eigenvalue weighted by atomic mass is 15.1. The maximum atomic E-state index is 3.90. The van der Waals surface area contributed by atoms with Gasteiger partial charge in [0.25, 0.3) is 0 Å². The molecule has 0 amide bonds. The Bertz CT molecular complexity index is 197. The van der Waals surface area contributed by atoms with Gasteiger partial charge in [-0.3, -0.25) is 0 Å². The van der Waals surface area contributed by atoms with Gasteiger partial charge in [0, 0.05) is 6.20 Å². The molecule has 13 heavy (non-hydrogen) atoms. The summed E-state index contributed by atoms with van der Waals surface area (Å²) in [5.41, 5.74) is 2.32. The third-order valence-electron chi connectivity index (χ3n) is 1.40. The normalized spacial score (nSPS) is 7.54. The summed E-state index contributed by atoms with van der Waals surface area (Å²) < 4.78 is 0. The van der Waals surface area contributed by atoms with Crippen LogP contribution in [-0.4, -0.2) is 10.2 Å². The lowest BCUT2D eigenvalue weighted by Gasteiger charge is -1.96. The summed E-state index contributed by atoms with van der Waals surface area (Å²) in [5.74, 6) is 0. The molecule has 1 aromatic rings. The molecule has 0 bridgehead atoms. The Hall–Kier alpha value is -0.920. The zero-order chi connectivity index (χ0) is 10.7. The van der Waals surface area contributed by atoms with Gasteiger partial charge < -0.3 is 0 Å². The van der Waals surface area contributed by atoms with Crippen molar-refractivity contribution in [3.63, 3.8) is 0 Å². The van der Waals surface area contributed by atoms with Gasteiger partial charge in [-0.25, -0.2) is 0 Å². The van der Waals surface area contributed by atoms with Crippen LogP contribution in [0.25, 0.3) is 0 Å². The van der Waals surface area contributed by atoms with Crippen molar-refractivity contribution in [2.24, 2.45) is 0 Å². The SMILES string of the molecule is CC.CC.CCc1ccnnc1C. The minimum atomic E-state index is 1.04. The summed E-state index contributed by atoms with van der Waals surface area (Å²) >= 11 is 0. The first kappa shape index (κ1) is 14.6. The van der Waals surface area contributed by atoms with Crippen LogP contribution in [0.2, 0.25) is 0 Å². The van der Waals surface area contributed by atoms with E-state index in [-0.39, 0.29) is 0 Å². The number of aromatic nitrogens is 2. The predicted molar refractivity (Wildman–Crippen MR) is 58.8 cm³/mol. The number of hydrogen-bond acceptors (Lipinski definition) is 2. The summed E-state index contributed by atoms with van der Waals surface area (Å²) in [6.45, 7) is 12.1. The lowest BCUT2D eigenvalue weighted by molar-refractivity contribution is 0.932. The largest absolute Gasteiger partial charge is 0.159 e. The molecule has 0 atom stereocenters. The molecule has 76 valence electrons. The average molecular weight is 182 g/mol. The Morgan fingerprint density at radius 2 is 1.69 bits per heavy atom. The van der Waals surface area contributed by atoms with Crippen LogP contribution in [0.5, 0.6) is 0 Å². The third kappa shape index (κ3) is 6.26. The molecule has 0 N–H and O–H groups in total. The van der Waals surface area contributed by atoms with Crippen molar-refractivity contribution in [2.75, 3.05) is 0 Å². The van der Waals surface area contributed by atoms with Crippen LogP contribution in [-0.2, 0) is 6.42 Å². The zero-order valence-corrected chi connectivity index (χ0v) is 9.76. The van der Waals surface area contributed by atoms with E-state index < -0.39 is 0 Å². The van der Waals surface area contributed by atoms with E-state index in [2.05, 4.69) is 17.1 Å². The van der Waals surface area contributed by atoms with E-state index in [9.17, 15) is 0 Å². The van der Waals surface area contributed by atoms with Crippen LogP contribution in [0.1, 0.15) is 45.9 Å². The quantitative estimate of drug-likeness (QED) is 0.665. The molecule has 1 heterocycles. The second-order valence-electron chi connectivity index (χ2n) is 2.00. The van der Waals surface area contributed by atoms with E-state index >= 15 is 0 Å². The van der Waals surface area contributed by atoms with Crippen LogP contribution < -0.4 is 0 Å². The van der Waals surface area contributed by atoms with E-state index in [1.165, 1.54) is 5.56 Å². The zero-order valence-electron chi connectivity index (χ0n) is 9.76. The van der Waals surface area contributed by atoms with Gasteiger partial charge in [-0.15, -0.1) is 0 Å². The minimum Gasteiger partial charge on any atom is -0.159 e. The van der Waals surface area contributed by atoms with Crippen LogP contribution in [0.15, 0.2) is 12.3 Å². The fraction of sp³-hybridized carbons (Fsp3) is 0.636. The highest BCUT2D eigenvalue weighted by molar-refractivity contribution is 5.14. The average Bonchev–Trinajstić information content (AvgIpc) is 2.24. The first-order valence-corrected chi connectivity index (χ1v) is 5.11. The monoisotopic (exact) mass is 182 g/mol. The van der Waals surface area contributed by atoms with Gasteiger partial charge in [0.15, 0.2) is 0 Å². The maximum absolute atomic E-state index is 3.90. The summed E-state index contributed by atoms with van der Waals surface area (Å²) in [5, 5.41) is 7.64. The topological polar surface area (TPSA) is 25.8 Å². The fourth-order valence-corrected chi connectivity index (χ4v) is 0.802. The molecular formula is C11H22N2. The Morgan fingerprint density at radius 1 is 1.15 bits per heavy atom. The fourth-order valence-electron chi connectivity index (χ4n) is 0.802. The Kier molecular flexibility index (Phi) is 12.4. The second kappa shape index (κ2) is 11.1. The summed E-state index contributed by atoms with van der Waals surface area (Å²) in [7, 11) is 0. The summed E-state index contributed by atoms with van der Waals surface area (Å²) in [6.07, 6.45) is 2.77. The molecule has 0 spiro atoms. The Labute approximate surface area is 82.4 Å². The summed E-state index contributed by atoms with van der Waals surface area (Å²) in [4.78, 5) is 0. The molecule has 0 aliphatic heterocycles. The van der Waals surface area contributed by atoms with Gasteiger partial charge in [0.05, 0.1) is 5.69 Å². The van der Waals surface area contributed by atoms with Gasteiger partial charge >= 0.3 is 0 Å². The van der Waals surface area contributed by atoms with E-state index in [1.807, 2.05) is 40.7 Å². The van der Waals surface area contributed by atoms with Gasteiger partial charge in [-0.1, -0.05) is 34.6 Å². The van der Waals surface area contributed by atoms with Crippen LogP contribution in [0.3, 0.4) is 0 Å². The molecule has 2 heteroatoms. The molecule has 1 rings (SSSR count). The summed E-state index contributed by atoms with van der Waals surface area (Å²) in [6, 6.07) is 2.00. The number of aryl methyl sites for hydroxylation is 2. The molecule has 0 aromatic carbocycles. The molecule has 0 aliphatic rings. The van der Waals surface area contributed by atoms with Crippen molar-refractivity contribution >= 4 is 0 Å². The molecule has 0 fully saturated rings. The lowest BCUT2D eigenvalue weighted by Crippen LogP contribution is -1.91. The predicted octanol–water partition coefficient (Wildman–Crippen LogP) is 3.40. The Balaban J connectivity index is 0. The van der Waals surface area contributed by atoms with Crippen LogP contribution in [0, 0.1) is 6.92 Å². The van der Waals surface area contributed by atoms with E-state index in [4.69, 9.17) is 0 Å². The first-order chi connectivity index (χ1) is 6.34. The smallest absolute Gasteiger partial charge is 0.0631 e. The van der Waals surface area contributed by atoms with Crippen molar-refractivity contribution in [2.45, 2.75) is 48.0 Å². The van der Waals surface area contributed by atoms with Crippen LogP contribution >= 0.6 is 0 Å². The number of rotatable bonds is 1. The van der Waals surface area contributed by atoms with Crippen molar-refractivity contribution in [1.29, 1.82) is 0 Å². The molecule has 0 radical (unpaired) electrons. The number of nitrogens with zero attached hydrogens (tertiary/aromatic N) is 2. The second-order valence-corrected chi connectivity index (χ2v) is 2.00. The van der Waals surface area contributed by atoms with Gasteiger partial charge in [0.2, 0.25) is 0 Å². The van der Waals surface area contributed by atoms with E-state index in [1.54, 1.807) is 6.20 Å². The van der Waals surface area contributed by atoms with E-state index in [0.29, 0.717) is 0 Å². The molecule has 2 nitrogen and oxygen atoms in total. The van der Waals surface area contributed by atoms with Crippen LogP contribution in [0.4, 0.5) is 0 Å². The molecule has 0 unspecified atom stereocenters.